The highest BCUT2D eigenvalue weighted by Gasteiger charge is 2.23. The predicted molar refractivity (Wildman–Crippen MR) is 108 cm³/mol. The summed E-state index contributed by atoms with van der Waals surface area (Å²) >= 11 is 0. The fourth-order valence-electron chi connectivity index (χ4n) is 3.97. The normalized spacial score (nSPS) is 17.1. The molecule has 4 rings (SSSR count). The Balaban J connectivity index is 1.49. The van der Waals surface area contributed by atoms with E-state index < -0.39 is 0 Å². The molecule has 144 valence electrons. The molecule has 1 aliphatic carbocycles. The van der Waals surface area contributed by atoms with Crippen molar-refractivity contribution in [1.29, 1.82) is 0 Å². The lowest BCUT2D eigenvalue weighted by atomic mass is 9.97. The quantitative estimate of drug-likeness (QED) is 0.899. The number of hydrogen-bond acceptors (Lipinski definition) is 5. The van der Waals surface area contributed by atoms with Gasteiger partial charge in [-0.1, -0.05) is 12.1 Å². The maximum Gasteiger partial charge on any atom is 0.255 e. The van der Waals surface area contributed by atoms with E-state index in [0.29, 0.717) is 0 Å². The lowest BCUT2D eigenvalue weighted by Gasteiger charge is -2.37. The van der Waals surface area contributed by atoms with E-state index in [1.165, 1.54) is 0 Å². The van der Waals surface area contributed by atoms with Crippen molar-refractivity contribution in [3.05, 3.63) is 45.9 Å². The standard InChI is InChI=1S/C21H28N4O2/c1-15(2)27-19-10-6-5-9-18(19)24-11-13-25(14-12-24)21-22-17-8-4-3-7-16(17)20(26)23-21/h5-6,9-10,15H,3-4,7-8,11-14H2,1-2H3,(H,22,23,26). The van der Waals surface area contributed by atoms with Crippen molar-refractivity contribution in [1.82, 2.24) is 9.97 Å². The van der Waals surface area contributed by atoms with Crippen LogP contribution in [0.3, 0.4) is 0 Å². The molecule has 6 nitrogen and oxygen atoms in total. The fourth-order valence-corrected chi connectivity index (χ4v) is 3.97. The zero-order valence-electron chi connectivity index (χ0n) is 16.2. The largest absolute Gasteiger partial charge is 0.489 e. The van der Waals surface area contributed by atoms with Gasteiger partial charge in [0.25, 0.3) is 5.56 Å². The second-order valence-corrected chi connectivity index (χ2v) is 7.63. The molecule has 1 aromatic carbocycles. The molecule has 1 aromatic heterocycles. The third-order valence-electron chi connectivity index (χ3n) is 5.33. The Morgan fingerprint density at radius 2 is 1.74 bits per heavy atom. The third-order valence-corrected chi connectivity index (χ3v) is 5.33. The monoisotopic (exact) mass is 368 g/mol. The Labute approximate surface area is 160 Å². The summed E-state index contributed by atoms with van der Waals surface area (Å²) in [6.45, 7) is 7.51. The Morgan fingerprint density at radius 3 is 2.52 bits per heavy atom. The molecule has 2 heterocycles. The topological polar surface area (TPSA) is 61.5 Å². The molecule has 27 heavy (non-hydrogen) atoms. The first kappa shape index (κ1) is 17.9. The van der Waals surface area contributed by atoms with Crippen molar-refractivity contribution >= 4 is 11.6 Å². The van der Waals surface area contributed by atoms with Crippen molar-refractivity contribution in [2.24, 2.45) is 0 Å². The fraction of sp³-hybridized carbons (Fsp3) is 0.524. The smallest absolute Gasteiger partial charge is 0.255 e. The molecule has 2 aromatic rings. The molecule has 0 saturated carbocycles. The molecule has 6 heteroatoms. The van der Waals surface area contributed by atoms with Crippen LogP contribution in [0.4, 0.5) is 11.6 Å². The van der Waals surface area contributed by atoms with Gasteiger partial charge in [-0.15, -0.1) is 0 Å². The number of fused-ring (bicyclic) bond motifs is 1. The van der Waals surface area contributed by atoms with Gasteiger partial charge in [-0.25, -0.2) is 4.98 Å². The number of ether oxygens (including phenoxy) is 1. The minimum atomic E-state index is 0.0489. The summed E-state index contributed by atoms with van der Waals surface area (Å²) < 4.78 is 5.97. The molecule has 0 radical (unpaired) electrons. The first-order valence-electron chi connectivity index (χ1n) is 9.99. The molecule has 0 unspecified atom stereocenters. The van der Waals surface area contributed by atoms with Crippen molar-refractivity contribution in [2.75, 3.05) is 36.0 Å². The Hall–Kier alpha value is -2.50. The third kappa shape index (κ3) is 3.80. The van der Waals surface area contributed by atoms with E-state index in [0.717, 1.165) is 80.5 Å². The first-order chi connectivity index (χ1) is 13.1. The minimum Gasteiger partial charge on any atom is -0.489 e. The summed E-state index contributed by atoms with van der Waals surface area (Å²) in [7, 11) is 0. The van der Waals surface area contributed by atoms with Crippen LogP contribution < -0.4 is 20.1 Å². The van der Waals surface area contributed by atoms with Gasteiger partial charge in [-0.05, 0) is 51.7 Å². The first-order valence-corrected chi connectivity index (χ1v) is 9.99. The van der Waals surface area contributed by atoms with E-state index in [1.54, 1.807) is 0 Å². The maximum absolute atomic E-state index is 12.4. The number of benzene rings is 1. The predicted octanol–water partition coefficient (Wildman–Crippen LogP) is 2.76. The van der Waals surface area contributed by atoms with E-state index in [1.807, 2.05) is 26.0 Å². The number of rotatable bonds is 4. The molecule has 0 spiro atoms. The maximum atomic E-state index is 12.4. The number of aromatic amines is 1. The SMILES string of the molecule is CC(C)Oc1ccccc1N1CCN(c2nc3c(c(=O)[nH]2)CCCC3)CC1. The van der Waals surface area contributed by atoms with Crippen LogP contribution in [-0.2, 0) is 12.8 Å². The zero-order valence-corrected chi connectivity index (χ0v) is 16.2. The summed E-state index contributed by atoms with van der Waals surface area (Å²) in [5.74, 6) is 1.66. The number of hydrogen-bond donors (Lipinski definition) is 1. The van der Waals surface area contributed by atoms with E-state index in [4.69, 9.17) is 9.72 Å². The van der Waals surface area contributed by atoms with Crippen LogP contribution in [0.25, 0.3) is 0 Å². The number of piperazine rings is 1. The van der Waals surface area contributed by atoms with E-state index in [2.05, 4.69) is 26.9 Å². The van der Waals surface area contributed by atoms with Crippen LogP contribution in [0.2, 0.25) is 0 Å². The Morgan fingerprint density at radius 1 is 1.04 bits per heavy atom. The van der Waals surface area contributed by atoms with Crippen molar-refractivity contribution in [3.63, 3.8) is 0 Å². The average Bonchev–Trinajstić information content (AvgIpc) is 2.68. The number of anilines is 2. The molecular weight excluding hydrogens is 340 g/mol. The van der Waals surface area contributed by atoms with E-state index >= 15 is 0 Å². The van der Waals surface area contributed by atoms with Crippen molar-refractivity contribution in [3.8, 4) is 5.75 Å². The van der Waals surface area contributed by atoms with Gasteiger partial charge >= 0.3 is 0 Å². The van der Waals surface area contributed by atoms with Gasteiger partial charge in [0.15, 0.2) is 0 Å². The van der Waals surface area contributed by atoms with Gasteiger partial charge in [0.1, 0.15) is 5.75 Å². The number of aryl methyl sites for hydroxylation is 1. The highest BCUT2D eigenvalue weighted by atomic mass is 16.5. The van der Waals surface area contributed by atoms with Gasteiger partial charge < -0.3 is 14.5 Å². The number of H-pyrrole nitrogens is 1. The minimum absolute atomic E-state index is 0.0489. The number of aromatic nitrogens is 2. The summed E-state index contributed by atoms with van der Waals surface area (Å²) in [5.41, 5.74) is 3.08. The van der Waals surface area contributed by atoms with Crippen LogP contribution in [0, 0.1) is 0 Å². The number of para-hydroxylation sites is 2. The summed E-state index contributed by atoms with van der Waals surface area (Å²) in [6.07, 6.45) is 4.15. The molecule has 0 bridgehead atoms. The second kappa shape index (κ2) is 7.62. The van der Waals surface area contributed by atoms with Crippen molar-refractivity contribution < 1.29 is 4.74 Å². The van der Waals surface area contributed by atoms with E-state index in [-0.39, 0.29) is 11.7 Å². The molecular formula is C21H28N4O2. The highest BCUT2D eigenvalue weighted by molar-refractivity contribution is 5.59. The zero-order chi connectivity index (χ0) is 18.8. The van der Waals surface area contributed by atoms with Crippen LogP contribution in [0.15, 0.2) is 29.1 Å². The van der Waals surface area contributed by atoms with Crippen LogP contribution in [0.1, 0.15) is 37.9 Å². The van der Waals surface area contributed by atoms with Crippen molar-refractivity contribution in [2.45, 2.75) is 45.6 Å². The molecule has 1 fully saturated rings. The van der Waals surface area contributed by atoms with E-state index in [9.17, 15) is 4.79 Å². The summed E-state index contributed by atoms with van der Waals surface area (Å²) in [6, 6.07) is 8.22. The van der Waals surface area contributed by atoms with Gasteiger partial charge in [-0.2, -0.15) is 0 Å². The number of nitrogens with one attached hydrogen (secondary N) is 1. The molecule has 1 aliphatic heterocycles. The summed E-state index contributed by atoms with van der Waals surface area (Å²) in [5, 5.41) is 0. The lowest BCUT2D eigenvalue weighted by Crippen LogP contribution is -2.48. The average molecular weight is 368 g/mol. The molecule has 2 aliphatic rings. The van der Waals surface area contributed by atoms with Crippen LogP contribution in [0.5, 0.6) is 5.75 Å². The molecule has 0 amide bonds. The lowest BCUT2D eigenvalue weighted by molar-refractivity contribution is 0.242. The molecule has 1 N–H and O–H groups in total. The van der Waals surface area contributed by atoms with Gasteiger partial charge in [0, 0.05) is 31.7 Å². The van der Waals surface area contributed by atoms with Crippen LogP contribution in [-0.4, -0.2) is 42.3 Å². The van der Waals surface area contributed by atoms with Gasteiger partial charge in [0.2, 0.25) is 5.95 Å². The van der Waals surface area contributed by atoms with Crippen LogP contribution >= 0.6 is 0 Å². The molecule has 1 saturated heterocycles. The Bertz CT molecular complexity index is 854. The summed E-state index contributed by atoms with van der Waals surface area (Å²) in [4.78, 5) is 24.7. The van der Waals surface area contributed by atoms with Gasteiger partial charge in [-0.3, -0.25) is 9.78 Å². The Kier molecular flexibility index (Phi) is 5.05. The highest BCUT2D eigenvalue weighted by Crippen LogP contribution is 2.30. The van der Waals surface area contributed by atoms with Gasteiger partial charge in [0.05, 0.1) is 17.5 Å². The number of nitrogens with zero attached hydrogens (tertiary/aromatic N) is 3. The molecule has 0 atom stereocenters. The second-order valence-electron chi connectivity index (χ2n) is 7.63.